The number of ether oxygens (including phenoxy) is 1. The van der Waals surface area contributed by atoms with E-state index in [0.29, 0.717) is 41.6 Å². The molecule has 1 aromatic carbocycles. The van der Waals surface area contributed by atoms with Gasteiger partial charge in [0.05, 0.1) is 24.0 Å². The summed E-state index contributed by atoms with van der Waals surface area (Å²) in [6.07, 6.45) is -4.09. The molecule has 11 heteroatoms. The molecule has 6 rings (SSSR count). The highest BCUT2D eigenvalue weighted by molar-refractivity contribution is 6.30. The number of rotatable bonds is 7. The van der Waals surface area contributed by atoms with Gasteiger partial charge in [0.2, 0.25) is 17.7 Å². The van der Waals surface area contributed by atoms with Gasteiger partial charge < -0.3 is 14.8 Å². The third-order valence-electron chi connectivity index (χ3n) is 6.71. The molecule has 1 amide bonds. The van der Waals surface area contributed by atoms with Crippen LogP contribution in [0.2, 0.25) is 5.02 Å². The quantitative estimate of drug-likeness (QED) is 0.635. The fraction of sp³-hybridized carbons (Fsp3) is 0.571. The number of aliphatic hydroxyl groups excluding tert-OH is 1. The SMILES string of the molecule is O=C(CC(O)c1ccc(Cl)cc1)NC12CC(c3nnc([C@H]4C[C@@H](OC(F)(F)F)C4)o3)(C1)C2. The third kappa shape index (κ3) is 3.99. The predicted octanol–water partition coefficient (Wildman–Crippen LogP) is 3.92. The number of alkyl halides is 3. The molecule has 4 saturated carbocycles. The number of amides is 1. The molecule has 1 atom stereocenters. The molecule has 4 fully saturated rings. The molecular formula is C21H21ClF3N3O4. The van der Waals surface area contributed by atoms with Crippen molar-refractivity contribution in [2.75, 3.05) is 0 Å². The van der Waals surface area contributed by atoms with Crippen molar-refractivity contribution in [2.45, 2.75) is 74.0 Å². The summed E-state index contributed by atoms with van der Waals surface area (Å²) in [6, 6.07) is 6.69. The van der Waals surface area contributed by atoms with Crippen molar-refractivity contribution >= 4 is 17.5 Å². The lowest BCUT2D eigenvalue weighted by Gasteiger charge is -2.68. The van der Waals surface area contributed by atoms with Crippen molar-refractivity contribution < 1.29 is 32.2 Å². The van der Waals surface area contributed by atoms with Gasteiger partial charge in [-0.15, -0.1) is 23.4 Å². The van der Waals surface area contributed by atoms with Gasteiger partial charge in [0.1, 0.15) is 0 Å². The standard InChI is InChI=1S/C21H21ClF3N3O4/c22-13-3-1-11(2-4-13)15(29)7-16(30)26-20-8-19(9-20,10-20)18-28-27-17(31-18)12-5-14(6-12)32-21(23,24)25/h1-4,12,14-15,29H,5-10H2,(H,26,30)/t12-,14+,15?,19?,20?. The van der Waals surface area contributed by atoms with Gasteiger partial charge in [-0.2, -0.15) is 0 Å². The maximum absolute atomic E-state index is 12.4. The Balaban J connectivity index is 1.10. The van der Waals surface area contributed by atoms with Crippen LogP contribution in [0.3, 0.4) is 0 Å². The van der Waals surface area contributed by atoms with Crippen molar-refractivity contribution in [1.82, 2.24) is 15.5 Å². The second kappa shape index (κ2) is 7.43. The van der Waals surface area contributed by atoms with Crippen LogP contribution >= 0.6 is 11.6 Å². The van der Waals surface area contributed by atoms with Crippen molar-refractivity contribution in [3.05, 3.63) is 46.6 Å². The van der Waals surface area contributed by atoms with Crippen LogP contribution in [0.4, 0.5) is 13.2 Å². The van der Waals surface area contributed by atoms with Gasteiger partial charge in [-0.25, -0.2) is 0 Å². The maximum atomic E-state index is 12.4. The van der Waals surface area contributed by atoms with Crippen LogP contribution in [0.5, 0.6) is 0 Å². The average Bonchev–Trinajstić information content (AvgIpc) is 3.08. The number of benzene rings is 1. The molecule has 1 heterocycles. The minimum atomic E-state index is -4.63. The summed E-state index contributed by atoms with van der Waals surface area (Å²) in [4.78, 5) is 12.4. The van der Waals surface area contributed by atoms with Crippen molar-refractivity contribution in [3.63, 3.8) is 0 Å². The number of carbonyl (C=O) groups is 1. The van der Waals surface area contributed by atoms with Gasteiger partial charge in [0, 0.05) is 16.5 Å². The molecule has 2 N–H and O–H groups in total. The molecular weight excluding hydrogens is 451 g/mol. The summed E-state index contributed by atoms with van der Waals surface area (Å²) in [6.45, 7) is 0. The van der Waals surface area contributed by atoms with Crippen LogP contribution < -0.4 is 5.32 Å². The van der Waals surface area contributed by atoms with Crippen LogP contribution in [-0.2, 0) is 14.9 Å². The number of hydrogen-bond acceptors (Lipinski definition) is 6. The van der Waals surface area contributed by atoms with Crippen LogP contribution in [-0.4, -0.2) is 39.2 Å². The van der Waals surface area contributed by atoms with E-state index in [1.807, 2.05) is 0 Å². The Morgan fingerprint density at radius 1 is 1.25 bits per heavy atom. The smallest absolute Gasteiger partial charge is 0.424 e. The molecule has 0 aliphatic heterocycles. The zero-order chi connectivity index (χ0) is 22.7. The second-order valence-corrected chi connectivity index (χ2v) is 9.65. The van der Waals surface area contributed by atoms with E-state index in [9.17, 15) is 23.1 Å². The maximum Gasteiger partial charge on any atom is 0.522 e. The summed E-state index contributed by atoms with van der Waals surface area (Å²) in [7, 11) is 0. The van der Waals surface area contributed by atoms with E-state index in [2.05, 4.69) is 20.3 Å². The first-order valence-electron chi connectivity index (χ1n) is 10.4. The van der Waals surface area contributed by atoms with E-state index in [0.717, 1.165) is 0 Å². The largest absolute Gasteiger partial charge is 0.522 e. The molecule has 2 bridgehead atoms. The first kappa shape index (κ1) is 21.7. The molecule has 4 aliphatic carbocycles. The number of nitrogens with zero attached hydrogens (tertiary/aromatic N) is 2. The highest BCUT2D eigenvalue weighted by Gasteiger charge is 2.71. The van der Waals surface area contributed by atoms with E-state index < -0.39 is 18.6 Å². The normalized spacial score (nSPS) is 31.8. The number of hydrogen-bond donors (Lipinski definition) is 2. The highest BCUT2D eigenvalue weighted by atomic mass is 35.5. The summed E-state index contributed by atoms with van der Waals surface area (Å²) in [5.74, 6) is 0.358. The van der Waals surface area contributed by atoms with Crippen LogP contribution in [0.25, 0.3) is 0 Å². The summed E-state index contributed by atoms with van der Waals surface area (Å²) >= 11 is 5.84. The molecule has 0 saturated heterocycles. The Hall–Kier alpha value is -2.17. The number of halogens is 4. The van der Waals surface area contributed by atoms with Crippen LogP contribution in [0, 0.1) is 0 Å². The van der Waals surface area contributed by atoms with E-state index >= 15 is 0 Å². The molecule has 4 aliphatic rings. The summed E-state index contributed by atoms with van der Waals surface area (Å²) < 4.78 is 46.5. The minimum absolute atomic E-state index is 0.0517. The van der Waals surface area contributed by atoms with Gasteiger partial charge in [-0.1, -0.05) is 23.7 Å². The topological polar surface area (TPSA) is 97.5 Å². The fourth-order valence-corrected chi connectivity index (χ4v) is 5.26. The Morgan fingerprint density at radius 3 is 2.53 bits per heavy atom. The monoisotopic (exact) mass is 471 g/mol. The first-order valence-corrected chi connectivity index (χ1v) is 10.8. The lowest BCUT2D eigenvalue weighted by molar-refractivity contribution is -0.352. The Morgan fingerprint density at radius 2 is 1.91 bits per heavy atom. The minimum Gasteiger partial charge on any atom is -0.424 e. The van der Waals surface area contributed by atoms with E-state index in [1.54, 1.807) is 24.3 Å². The van der Waals surface area contributed by atoms with E-state index in [-0.39, 0.29) is 42.0 Å². The number of carbonyl (C=O) groups excluding carboxylic acids is 1. The molecule has 0 spiro atoms. The summed E-state index contributed by atoms with van der Waals surface area (Å²) in [5, 5.41) is 22.0. The lowest BCUT2D eigenvalue weighted by atomic mass is 9.39. The van der Waals surface area contributed by atoms with Gasteiger partial charge in [0.25, 0.3) is 0 Å². The van der Waals surface area contributed by atoms with Gasteiger partial charge in [-0.05, 0) is 49.8 Å². The zero-order valence-electron chi connectivity index (χ0n) is 16.9. The Labute approximate surface area is 186 Å². The van der Waals surface area contributed by atoms with Crippen LogP contribution in [0.15, 0.2) is 28.7 Å². The number of aliphatic hydroxyl groups is 1. The molecule has 7 nitrogen and oxygen atoms in total. The Bertz CT molecular complexity index is 1000. The number of nitrogens with one attached hydrogen (secondary N) is 1. The Kier molecular flexibility index (Phi) is 5.03. The zero-order valence-corrected chi connectivity index (χ0v) is 17.6. The molecule has 32 heavy (non-hydrogen) atoms. The van der Waals surface area contributed by atoms with Crippen LogP contribution in [0.1, 0.15) is 67.9 Å². The lowest BCUT2D eigenvalue weighted by Crippen LogP contribution is -2.76. The van der Waals surface area contributed by atoms with Gasteiger partial charge in [0.15, 0.2) is 0 Å². The van der Waals surface area contributed by atoms with Crippen molar-refractivity contribution in [2.24, 2.45) is 0 Å². The molecule has 1 aromatic heterocycles. The van der Waals surface area contributed by atoms with Gasteiger partial charge >= 0.3 is 6.36 Å². The first-order chi connectivity index (χ1) is 15.0. The molecule has 2 aromatic rings. The molecule has 172 valence electrons. The second-order valence-electron chi connectivity index (χ2n) is 9.21. The summed E-state index contributed by atoms with van der Waals surface area (Å²) in [5.41, 5.74) is 0.0165. The predicted molar refractivity (Wildman–Crippen MR) is 105 cm³/mol. The molecule has 0 radical (unpaired) electrons. The number of aromatic nitrogens is 2. The van der Waals surface area contributed by atoms with Gasteiger partial charge in [-0.3, -0.25) is 9.53 Å². The third-order valence-corrected chi connectivity index (χ3v) is 6.96. The average molecular weight is 472 g/mol. The van der Waals surface area contributed by atoms with E-state index in [1.165, 1.54) is 0 Å². The highest BCUT2D eigenvalue weighted by Crippen LogP contribution is 2.67. The fourth-order valence-electron chi connectivity index (χ4n) is 5.14. The van der Waals surface area contributed by atoms with Crippen molar-refractivity contribution in [3.8, 4) is 0 Å². The molecule has 1 unspecified atom stereocenters. The van der Waals surface area contributed by atoms with Crippen molar-refractivity contribution in [1.29, 1.82) is 0 Å². The van der Waals surface area contributed by atoms with E-state index in [4.69, 9.17) is 16.0 Å².